The van der Waals surface area contributed by atoms with Gasteiger partial charge in [-0.2, -0.15) is 0 Å². The summed E-state index contributed by atoms with van der Waals surface area (Å²) in [6.45, 7) is 0. The molecule has 0 fully saturated rings. The maximum Gasteiger partial charge on any atom is 0.180 e. The van der Waals surface area contributed by atoms with Crippen LogP contribution in [-0.2, 0) is 0 Å². The molecule has 0 spiro atoms. The molecule has 0 radical (unpaired) electrons. The molecule has 6 nitrogen and oxygen atoms in total. The number of aromatic nitrogens is 5. The van der Waals surface area contributed by atoms with Gasteiger partial charge in [0.2, 0.25) is 0 Å². The van der Waals surface area contributed by atoms with E-state index in [-0.39, 0.29) is 0 Å². The van der Waals surface area contributed by atoms with Gasteiger partial charge >= 0.3 is 0 Å². The predicted octanol–water partition coefficient (Wildman–Crippen LogP) is 13.6. The van der Waals surface area contributed by atoms with Gasteiger partial charge in [0, 0.05) is 73.5 Å². The summed E-state index contributed by atoms with van der Waals surface area (Å²) in [4.78, 5) is 26.1. The summed E-state index contributed by atoms with van der Waals surface area (Å²) in [5.74, 6) is 2.55. The zero-order valence-electron chi connectivity index (χ0n) is 30.0. The number of thiophene rings is 2. The molecule has 12 rings (SSSR count). The van der Waals surface area contributed by atoms with Crippen molar-refractivity contribution in [1.82, 2.24) is 24.9 Å². The largest absolute Gasteiger partial charge is 0.452 e. The van der Waals surface area contributed by atoms with Gasteiger partial charge in [-0.05, 0) is 36.4 Å². The fourth-order valence-electron chi connectivity index (χ4n) is 8.01. The second kappa shape index (κ2) is 12.7. The minimum absolute atomic E-state index is 0.625. The first-order valence-electron chi connectivity index (χ1n) is 18.7. The minimum Gasteiger partial charge on any atom is -0.452 e. The molecule has 5 heterocycles. The Morgan fingerprint density at radius 1 is 0.368 bits per heavy atom. The van der Waals surface area contributed by atoms with Crippen LogP contribution in [0.3, 0.4) is 0 Å². The number of nitrogens with zero attached hydrogens (tertiary/aromatic N) is 5. The number of para-hydroxylation sites is 1. The fraction of sp³-hybridized carbons (Fsp3) is 0. The van der Waals surface area contributed by atoms with Crippen LogP contribution >= 0.6 is 22.7 Å². The molecular formula is C49H27N5OS2. The molecule has 7 aromatic carbocycles. The van der Waals surface area contributed by atoms with Gasteiger partial charge in [0.05, 0.1) is 0 Å². The molecule has 8 heteroatoms. The lowest BCUT2D eigenvalue weighted by molar-refractivity contribution is 0.667. The van der Waals surface area contributed by atoms with E-state index in [4.69, 9.17) is 29.3 Å². The van der Waals surface area contributed by atoms with Gasteiger partial charge < -0.3 is 4.42 Å². The monoisotopic (exact) mass is 765 g/mol. The summed E-state index contributed by atoms with van der Waals surface area (Å²) in [7, 11) is 0. The van der Waals surface area contributed by atoms with Crippen molar-refractivity contribution in [3.8, 4) is 56.8 Å². The van der Waals surface area contributed by atoms with E-state index in [0.717, 1.165) is 75.6 Å². The Bertz CT molecular complexity index is 3540. The minimum atomic E-state index is 0.625. The molecule has 0 N–H and O–H groups in total. The first-order valence-corrected chi connectivity index (χ1v) is 20.3. The molecule has 0 saturated heterocycles. The van der Waals surface area contributed by atoms with Crippen molar-refractivity contribution >= 4 is 85.1 Å². The van der Waals surface area contributed by atoms with E-state index < -0.39 is 0 Å². The van der Waals surface area contributed by atoms with Crippen LogP contribution in [0.1, 0.15) is 0 Å². The van der Waals surface area contributed by atoms with Gasteiger partial charge in [-0.25, -0.2) is 24.9 Å². The average molecular weight is 766 g/mol. The third kappa shape index (κ3) is 5.12. The molecule has 0 unspecified atom stereocenters. The van der Waals surface area contributed by atoms with Crippen LogP contribution in [0.4, 0.5) is 0 Å². The lowest BCUT2D eigenvalue weighted by atomic mass is 10.0. The Morgan fingerprint density at radius 3 is 1.68 bits per heavy atom. The van der Waals surface area contributed by atoms with Crippen LogP contribution in [0.2, 0.25) is 0 Å². The van der Waals surface area contributed by atoms with Crippen molar-refractivity contribution in [2.24, 2.45) is 0 Å². The molecule has 12 aromatic rings. The average Bonchev–Trinajstić information content (AvgIpc) is 3.98. The van der Waals surface area contributed by atoms with Crippen LogP contribution in [0.5, 0.6) is 0 Å². The highest BCUT2D eigenvalue weighted by Crippen LogP contribution is 2.45. The number of furan rings is 1. The van der Waals surface area contributed by atoms with E-state index in [1.807, 2.05) is 54.6 Å². The third-order valence-electron chi connectivity index (χ3n) is 10.6. The first kappa shape index (κ1) is 32.1. The molecule has 5 aromatic heterocycles. The molecule has 0 amide bonds. The van der Waals surface area contributed by atoms with E-state index in [0.29, 0.717) is 28.9 Å². The number of hydrogen-bond donors (Lipinski definition) is 0. The molecule has 266 valence electrons. The second-order valence-electron chi connectivity index (χ2n) is 14.0. The van der Waals surface area contributed by atoms with E-state index in [1.165, 1.54) is 14.8 Å². The normalized spacial score (nSPS) is 11.9. The number of rotatable bonds is 5. The SMILES string of the molecule is c1ccc(-c2nc(-c3cccc4sc5ccccc5c34)nc(-c3cccc4sc5c(-c6nc(-c7ccccc7)c7oc8ccccc8c7n6)cccc5c34)n2)cc1. The van der Waals surface area contributed by atoms with Gasteiger partial charge in [0.25, 0.3) is 0 Å². The van der Waals surface area contributed by atoms with E-state index in [1.54, 1.807) is 22.7 Å². The Morgan fingerprint density at radius 2 is 0.912 bits per heavy atom. The maximum absolute atomic E-state index is 6.41. The van der Waals surface area contributed by atoms with E-state index in [9.17, 15) is 0 Å². The van der Waals surface area contributed by atoms with Crippen LogP contribution in [0.15, 0.2) is 168 Å². The summed E-state index contributed by atoms with van der Waals surface area (Å²) in [5.41, 5.74) is 7.84. The number of benzene rings is 7. The number of hydrogen-bond acceptors (Lipinski definition) is 8. The highest BCUT2D eigenvalue weighted by atomic mass is 32.1. The van der Waals surface area contributed by atoms with Crippen molar-refractivity contribution in [2.45, 2.75) is 0 Å². The molecule has 0 atom stereocenters. The summed E-state index contributed by atoms with van der Waals surface area (Å²) in [6.07, 6.45) is 0. The summed E-state index contributed by atoms with van der Waals surface area (Å²) in [6, 6.07) is 56.2. The second-order valence-corrected chi connectivity index (χ2v) is 16.1. The lowest BCUT2D eigenvalue weighted by Crippen LogP contribution is -2.00. The Kier molecular flexibility index (Phi) is 7.17. The van der Waals surface area contributed by atoms with Gasteiger partial charge in [0.15, 0.2) is 28.9 Å². The predicted molar refractivity (Wildman–Crippen MR) is 236 cm³/mol. The van der Waals surface area contributed by atoms with Crippen molar-refractivity contribution in [1.29, 1.82) is 0 Å². The van der Waals surface area contributed by atoms with Crippen LogP contribution in [0, 0.1) is 0 Å². The van der Waals surface area contributed by atoms with Crippen LogP contribution < -0.4 is 0 Å². The van der Waals surface area contributed by atoms with E-state index >= 15 is 0 Å². The summed E-state index contributed by atoms with van der Waals surface area (Å²) >= 11 is 3.53. The Balaban J connectivity index is 1.10. The smallest absolute Gasteiger partial charge is 0.180 e. The van der Waals surface area contributed by atoms with E-state index in [2.05, 4.69) is 109 Å². The highest BCUT2D eigenvalue weighted by Gasteiger charge is 2.23. The molecule has 0 aliphatic rings. The standard InChI is InChI=1S/C49H27N5OS2/c1-3-14-28(15-4-1)42-44-43(30-18-7-9-24-36(30)55-44)51-49(50-42)35-23-11-20-32-41-34(22-13-27-39(41)57-45(32)35)48-53-46(29-16-5-2-6-17-29)52-47(54-48)33-21-12-26-38-40(33)31-19-8-10-25-37(31)56-38/h1-27H. The number of fused-ring (bicyclic) bond motifs is 9. The quantitative estimate of drug-likeness (QED) is 0.174. The van der Waals surface area contributed by atoms with Crippen LogP contribution in [-0.4, -0.2) is 24.9 Å². The molecular weight excluding hydrogens is 739 g/mol. The molecule has 0 saturated carbocycles. The van der Waals surface area contributed by atoms with Crippen molar-refractivity contribution in [3.05, 3.63) is 164 Å². The third-order valence-corrected chi connectivity index (χ3v) is 12.9. The maximum atomic E-state index is 6.41. The lowest BCUT2D eigenvalue weighted by Gasteiger charge is -2.10. The summed E-state index contributed by atoms with van der Waals surface area (Å²) in [5, 5.41) is 5.52. The van der Waals surface area contributed by atoms with Crippen molar-refractivity contribution in [3.63, 3.8) is 0 Å². The van der Waals surface area contributed by atoms with Gasteiger partial charge in [-0.1, -0.05) is 127 Å². The van der Waals surface area contributed by atoms with Crippen molar-refractivity contribution < 1.29 is 4.42 Å². The van der Waals surface area contributed by atoms with Crippen molar-refractivity contribution in [2.75, 3.05) is 0 Å². The highest BCUT2D eigenvalue weighted by molar-refractivity contribution is 7.26. The summed E-state index contributed by atoms with van der Waals surface area (Å²) < 4.78 is 11.1. The first-order chi connectivity index (χ1) is 28.2. The zero-order valence-corrected chi connectivity index (χ0v) is 31.7. The van der Waals surface area contributed by atoms with Gasteiger partial charge in [-0.3, -0.25) is 0 Å². The Labute approximate surface area is 333 Å². The van der Waals surface area contributed by atoms with Gasteiger partial charge in [-0.15, -0.1) is 22.7 Å². The Hall–Kier alpha value is -7.13. The molecule has 0 aliphatic carbocycles. The van der Waals surface area contributed by atoms with Gasteiger partial charge in [0.1, 0.15) is 16.8 Å². The zero-order chi connectivity index (χ0) is 37.5. The molecule has 0 bridgehead atoms. The topological polar surface area (TPSA) is 77.6 Å². The molecule has 0 aliphatic heterocycles. The van der Waals surface area contributed by atoms with Crippen LogP contribution in [0.25, 0.3) is 119 Å². The fourth-order valence-corrected chi connectivity index (χ4v) is 10.4. The molecule has 57 heavy (non-hydrogen) atoms.